The van der Waals surface area contributed by atoms with Crippen LogP contribution < -0.4 is 10.6 Å². The molecule has 1 aromatic carbocycles. The third kappa shape index (κ3) is 6.90. The van der Waals surface area contributed by atoms with Gasteiger partial charge >= 0.3 is 5.97 Å². The van der Waals surface area contributed by atoms with E-state index in [-0.39, 0.29) is 30.3 Å². The van der Waals surface area contributed by atoms with Gasteiger partial charge in [-0.25, -0.2) is 0 Å². The van der Waals surface area contributed by atoms with Gasteiger partial charge in [0.25, 0.3) is 0 Å². The highest BCUT2D eigenvalue weighted by molar-refractivity contribution is 5.92. The van der Waals surface area contributed by atoms with Crippen LogP contribution >= 0.6 is 0 Å². The molecule has 0 bridgehead atoms. The van der Waals surface area contributed by atoms with Crippen molar-refractivity contribution in [1.29, 1.82) is 0 Å². The third-order valence-corrected chi connectivity index (χ3v) is 3.02. The zero-order valence-electron chi connectivity index (χ0n) is 13.1. The van der Waals surface area contributed by atoms with E-state index < -0.39 is 5.97 Å². The number of aliphatic carboxylic acids is 1. The molecule has 0 spiro atoms. The van der Waals surface area contributed by atoms with Crippen LogP contribution in [0.2, 0.25) is 0 Å². The molecular weight excluding hydrogens is 268 g/mol. The van der Waals surface area contributed by atoms with Crippen LogP contribution in [0.5, 0.6) is 0 Å². The minimum Gasteiger partial charge on any atom is -0.481 e. The van der Waals surface area contributed by atoms with Crippen molar-refractivity contribution in [2.24, 2.45) is 0 Å². The third-order valence-electron chi connectivity index (χ3n) is 3.02. The molecule has 0 aliphatic rings. The molecule has 1 rings (SSSR count). The minimum atomic E-state index is -0.812. The maximum atomic E-state index is 11.8. The van der Waals surface area contributed by atoms with Crippen LogP contribution in [-0.2, 0) is 9.59 Å². The molecule has 3 N–H and O–H groups in total. The van der Waals surface area contributed by atoms with E-state index in [0.29, 0.717) is 5.69 Å². The van der Waals surface area contributed by atoms with E-state index in [1.807, 2.05) is 39.8 Å². The van der Waals surface area contributed by atoms with Crippen molar-refractivity contribution in [2.45, 2.75) is 45.6 Å². The molecule has 0 heterocycles. The van der Waals surface area contributed by atoms with Crippen molar-refractivity contribution in [3.63, 3.8) is 0 Å². The Morgan fingerprint density at radius 1 is 1.19 bits per heavy atom. The lowest BCUT2D eigenvalue weighted by atomic mass is 9.98. The maximum absolute atomic E-state index is 11.8. The average Bonchev–Trinajstić information content (AvgIpc) is 2.35. The molecule has 0 saturated heterocycles. The summed E-state index contributed by atoms with van der Waals surface area (Å²) in [6.45, 7) is 8.12. The highest BCUT2D eigenvalue weighted by Crippen LogP contribution is 2.20. The number of carboxylic acids is 1. The highest BCUT2D eigenvalue weighted by atomic mass is 16.4. The molecular formula is C16H24N2O3. The maximum Gasteiger partial charge on any atom is 0.303 e. The van der Waals surface area contributed by atoms with Gasteiger partial charge in [-0.3, -0.25) is 9.59 Å². The number of hydrogen-bond donors (Lipinski definition) is 3. The molecule has 5 heteroatoms. The summed E-state index contributed by atoms with van der Waals surface area (Å²) in [4.78, 5) is 22.5. The Balaban J connectivity index is 2.54. The van der Waals surface area contributed by atoms with Crippen molar-refractivity contribution >= 4 is 17.6 Å². The van der Waals surface area contributed by atoms with Gasteiger partial charge < -0.3 is 15.7 Å². The molecule has 5 nitrogen and oxygen atoms in total. The summed E-state index contributed by atoms with van der Waals surface area (Å²) >= 11 is 0. The fourth-order valence-corrected chi connectivity index (χ4v) is 1.83. The molecule has 0 aromatic heterocycles. The first-order valence-corrected chi connectivity index (χ1v) is 7.04. The first-order chi connectivity index (χ1) is 9.67. The predicted molar refractivity (Wildman–Crippen MR) is 83.5 cm³/mol. The van der Waals surface area contributed by atoms with Crippen molar-refractivity contribution in [3.8, 4) is 0 Å². The number of carbonyl (C=O) groups is 2. The van der Waals surface area contributed by atoms with Crippen LogP contribution in [-0.4, -0.2) is 29.1 Å². The lowest BCUT2D eigenvalue weighted by molar-refractivity contribution is -0.137. The number of carbonyl (C=O) groups excluding carboxylic acids is 1. The standard InChI is InChI=1S/C16H24N2O3/c1-11(9-15(20)21)12-5-7-13(8-6-12)18-14(19)10-17-16(2,3)4/h5-8,11,17H,9-10H2,1-4H3,(H,18,19)(H,20,21). The lowest BCUT2D eigenvalue weighted by Crippen LogP contribution is -2.41. The number of hydrogen-bond acceptors (Lipinski definition) is 3. The SMILES string of the molecule is CC(CC(=O)O)c1ccc(NC(=O)CNC(C)(C)C)cc1. The number of rotatable bonds is 6. The Labute approximate surface area is 125 Å². The molecule has 1 amide bonds. The number of carboxylic acid groups (broad SMARTS) is 1. The van der Waals surface area contributed by atoms with Gasteiger partial charge in [-0.1, -0.05) is 19.1 Å². The number of benzene rings is 1. The van der Waals surface area contributed by atoms with Gasteiger partial charge in [-0.2, -0.15) is 0 Å². The van der Waals surface area contributed by atoms with Crippen molar-refractivity contribution in [2.75, 3.05) is 11.9 Å². The van der Waals surface area contributed by atoms with Gasteiger partial charge in [0.05, 0.1) is 13.0 Å². The Kier molecular flexibility index (Phi) is 5.90. The van der Waals surface area contributed by atoms with Gasteiger partial charge in [0, 0.05) is 11.2 Å². The zero-order valence-corrected chi connectivity index (χ0v) is 13.1. The first-order valence-electron chi connectivity index (χ1n) is 7.04. The summed E-state index contributed by atoms with van der Waals surface area (Å²) in [5, 5.41) is 14.7. The van der Waals surface area contributed by atoms with Crippen molar-refractivity contribution in [1.82, 2.24) is 5.32 Å². The van der Waals surface area contributed by atoms with E-state index in [2.05, 4.69) is 10.6 Å². The number of anilines is 1. The summed E-state index contributed by atoms with van der Waals surface area (Å²) < 4.78 is 0. The van der Waals surface area contributed by atoms with Gasteiger partial charge in [0.2, 0.25) is 5.91 Å². The second kappa shape index (κ2) is 7.22. The van der Waals surface area contributed by atoms with E-state index in [1.165, 1.54) is 0 Å². The van der Waals surface area contributed by atoms with E-state index in [1.54, 1.807) is 12.1 Å². The summed E-state index contributed by atoms with van der Waals surface area (Å²) in [5.41, 5.74) is 1.55. The normalized spacial score (nSPS) is 12.8. The zero-order chi connectivity index (χ0) is 16.0. The second-order valence-corrected chi connectivity index (χ2v) is 6.27. The van der Waals surface area contributed by atoms with Gasteiger partial charge in [0.15, 0.2) is 0 Å². The summed E-state index contributed by atoms with van der Waals surface area (Å²) in [7, 11) is 0. The first kappa shape index (κ1) is 17.2. The van der Waals surface area contributed by atoms with Gasteiger partial charge in [-0.05, 0) is 44.4 Å². The smallest absolute Gasteiger partial charge is 0.303 e. The van der Waals surface area contributed by atoms with Crippen LogP contribution in [0.15, 0.2) is 24.3 Å². The van der Waals surface area contributed by atoms with Crippen molar-refractivity contribution < 1.29 is 14.7 Å². The van der Waals surface area contributed by atoms with Crippen molar-refractivity contribution in [3.05, 3.63) is 29.8 Å². The Morgan fingerprint density at radius 2 is 1.76 bits per heavy atom. The minimum absolute atomic E-state index is 0.0465. The molecule has 1 atom stereocenters. The predicted octanol–water partition coefficient (Wildman–Crippen LogP) is 2.59. The van der Waals surface area contributed by atoms with E-state index >= 15 is 0 Å². The molecule has 116 valence electrons. The highest BCUT2D eigenvalue weighted by Gasteiger charge is 2.12. The fourth-order valence-electron chi connectivity index (χ4n) is 1.83. The topological polar surface area (TPSA) is 78.4 Å². The molecule has 0 aliphatic carbocycles. The summed E-state index contributed by atoms with van der Waals surface area (Å²) in [6, 6.07) is 7.28. The Morgan fingerprint density at radius 3 is 2.24 bits per heavy atom. The molecule has 0 radical (unpaired) electrons. The average molecular weight is 292 g/mol. The lowest BCUT2D eigenvalue weighted by Gasteiger charge is -2.20. The van der Waals surface area contributed by atoms with E-state index in [4.69, 9.17) is 5.11 Å². The van der Waals surface area contributed by atoms with E-state index in [0.717, 1.165) is 5.56 Å². The summed E-state index contributed by atoms with van der Waals surface area (Å²) in [5.74, 6) is -0.959. The van der Waals surface area contributed by atoms with Gasteiger partial charge in [-0.15, -0.1) is 0 Å². The number of nitrogens with one attached hydrogen (secondary N) is 2. The molecule has 1 unspecified atom stereocenters. The number of amides is 1. The Hall–Kier alpha value is -1.88. The molecule has 0 saturated carbocycles. The molecule has 0 aliphatic heterocycles. The monoisotopic (exact) mass is 292 g/mol. The largest absolute Gasteiger partial charge is 0.481 e. The molecule has 1 aromatic rings. The second-order valence-electron chi connectivity index (χ2n) is 6.27. The van der Waals surface area contributed by atoms with Crippen LogP contribution in [0.4, 0.5) is 5.69 Å². The van der Waals surface area contributed by atoms with Crippen LogP contribution in [0.3, 0.4) is 0 Å². The van der Waals surface area contributed by atoms with Crippen LogP contribution in [0.25, 0.3) is 0 Å². The Bertz CT molecular complexity index is 489. The quantitative estimate of drug-likeness (QED) is 0.753. The van der Waals surface area contributed by atoms with E-state index in [9.17, 15) is 9.59 Å². The van der Waals surface area contributed by atoms with Crippen LogP contribution in [0.1, 0.15) is 45.6 Å². The molecule has 0 fully saturated rings. The van der Waals surface area contributed by atoms with Crippen LogP contribution in [0, 0.1) is 0 Å². The van der Waals surface area contributed by atoms with Gasteiger partial charge in [0.1, 0.15) is 0 Å². The summed E-state index contributed by atoms with van der Waals surface area (Å²) in [6.07, 6.45) is 0.0984. The fraction of sp³-hybridized carbons (Fsp3) is 0.500. The molecule has 21 heavy (non-hydrogen) atoms.